The van der Waals surface area contributed by atoms with E-state index in [0.717, 1.165) is 27.8 Å². The molecule has 0 unspecified atom stereocenters. The van der Waals surface area contributed by atoms with Crippen molar-refractivity contribution in [2.24, 2.45) is 7.05 Å². The number of amides is 2. The first kappa shape index (κ1) is 24.2. The minimum Gasteiger partial charge on any atom is -0.383 e. The molecule has 5 rings (SSSR count). The number of carbonyl (C=O) groups excluding carboxylic acids is 2. The number of rotatable bonds is 5. The molecule has 0 saturated carbocycles. The van der Waals surface area contributed by atoms with E-state index in [-0.39, 0.29) is 11.8 Å². The third-order valence-corrected chi connectivity index (χ3v) is 6.52. The molecule has 1 aliphatic rings. The molecule has 1 saturated heterocycles. The first-order chi connectivity index (χ1) is 17.8. The molecule has 4 aromatic rings. The lowest BCUT2D eigenvalue weighted by Gasteiger charge is -2.26. The first-order valence-electron chi connectivity index (χ1n) is 12.0. The number of fused-ring (bicyclic) bond motifs is 1. The number of hydrogen-bond donors (Lipinski definition) is 2. The molecule has 3 N–H and O–H groups in total. The van der Waals surface area contributed by atoms with Crippen LogP contribution in [0.15, 0.2) is 67.0 Å². The molecule has 0 bridgehead atoms. The SMILES string of the molecule is C=C(C)C(=O)Nc1ccc(-c2c(-c3ccc(C(=O)N4CCOCC4)cc3)c3c(N)ncnc3n2C)cc1. The number of benzene rings is 2. The maximum atomic E-state index is 12.9. The van der Waals surface area contributed by atoms with Crippen LogP contribution >= 0.6 is 0 Å². The van der Waals surface area contributed by atoms with Crippen molar-refractivity contribution in [1.82, 2.24) is 19.4 Å². The number of morpholine rings is 1. The zero-order valence-corrected chi connectivity index (χ0v) is 20.8. The number of nitrogens with two attached hydrogens (primary N) is 1. The van der Waals surface area contributed by atoms with E-state index < -0.39 is 0 Å². The van der Waals surface area contributed by atoms with Crippen LogP contribution in [0.4, 0.5) is 11.5 Å². The van der Waals surface area contributed by atoms with Crippen molar-refractivity contribution in [2.75, 3.05) is 37.4 Å². The van der Waals surface area contributed by atoms with Crippen LogP contribution in [0.5, 0.6) is 0 Å². The summed E-state index contributed by atoms with van der Waals surface area (Å²) in [7, 11) is 1.93. The molecule has 0 spiro atoms. The Labute approximate surface area is 214 Å². The van der Waals surface area contributed by atoms with Crippen LogP contribution in [-0.4, -0.2) is 57.6 Å². The van der Waals surface area contributed by atoms with Gasteiger partial charge in [-0.3, -0.25) is 9.59 Å². The topological polar surface area (TPSA) is 115 Å². The highest BCUT2D eigenvalue weighted by molar-refractivity contribution is 6.08. The standard InChI is InChI=1S/C28H28N6O3/c1-17(2)27(35)32-21-10-8-19(9-11-21)24-22(23-25(29)30-16-31-26(23)33(24)3)18-4-6-20(7-5-18)28(36)34-12-14-37-15-13-34/h4-11,16H,1,12-15H2,2-3H3,(H,32,35)(H2,29,30,31). The summed E-state index contributed by atoms with van der Waals surface area (Å²) in [6, 6.07) is 15.1. The molecule has 2 aromatic carbocycles. The van der Waals surface area contributed by atoms with Crippen LogP contribution in [0.25, 0.3) is 33.4 Å². The Balaban J connectivity index is 1.57. The largest absolute Gasteiger partial charge is 0.383 e. The van der Waals surface area contributed by atoms with E-state index in [2.05, 4.69) is 21.9 Å². The van der Waals surface area contributed by atoms with Crippen molar-refractivity contribution in [2.45, 2.75) is 6.92 Å². The van der Waals surface area contributed by atoms with E-state index in [9.17, 15) is 9.59 Å². The first-order valence-corrected chi connectivity index (χ1v) is 12.0. The third kappa shape index (κ3) is 4.56. The maximum absolute atomic E-state index is 12.9. The molecule has 3 heterocycles. The number of aromatic nitrogens is 3. The maximum Gasteiger partial charge on any atom is 0.254 e. The highest BCUT2D eigenvalue weighted by Crippen LogP contribution is 2.41. The Morgan fingerprint density at radius 2 is 1.65 bits per heavy atom. The normalized spacial score (nSPS) is 13.5. The van der Waals surface area contributed by atoms with Gasteiger partial charge in [0.05, 0.1) is 24.3 Å². The van der Waals surface area contributed by atoms with E-state index in [1.54, 1.807) is 6.92 Å². The summed E-state index contributed by atoms with van der Waals surface area (Å²) >= 11 is 0. The summed E-state index contributed by atoms with van der Waals surface area (Å²) in [6.07, 6.45) is 1.45. The van der Waals surface area contributed by atoms with Gasteiger partial charge in [0.15, 0.2) is 0 Å². The zero-order chi connectivity index (χ0) is 26.1. The van der Waals surface area contributed by atoms with Gasteiger partial charge in [0, 0.05) is 42.5 Å². The summed E-state index contributed by atoms with van der Waals surface area (Å²) in [6.45, 7) is 7.63. The van der Waals surface area contributed by atoms with Crippen LogP contribution < -0.4 is 11.1 Å². The van der Waals surface area contributed by atoms with Gasteiger partial charge >= 0.3 is 0 Å². The van der Waals surface area contributed by atoms with Gasteiger partial charge in [-0.1, -0.05) is 30.8 Å². The van der Waals surface area contributed by atoms with Crippen molar-refractivity contribution < 1.29 is 14.3 Å². The molecule has 1 aliphatic heterocycles. The molecule has 2 amide bonds. The average molecular weight is 497 g/mol. The minimum absolute atomic E-state index is 0.0109. The molecule has 9 nitrogen and oxygen atoms in total. The van der Waals surface area contributed by atoms with E-state index in [1.807, 2.05) is 65.0 Å². The van der Waals surface area contributed by atoms with E-state index in [0.29, 0.717) is 54.6 Å². The Morgan fingerprint density at radius 3 is 2.30 bits per heavy atom. The van der Waals surface area contributed by atoms with Gasteiger partial charge in [-0.05, 0) is 42.3 Å². The van der Waals surface area contributed by atoms with Crippen molar-refractivity contribution in [1.29, 1.82) is 0 Å². The second kappa shape index (κ2) is 9.87. The second-order valence-electron chi connectivity index (χ2n) is 9.03. The summed E-state index contributed by atoms with van der Waals surface area (Å²) in [5.74, 6) is 0.136. The number of ether oxygens (including phenoxy) is 1. The van der Waals surface area contributed by atoms with Crippen LogP contribution in [0, 0.1) is 0 Å². The number of nitrogens with zero attached hydrogens (tertiary/aromatic N) is 4. The van der Waals surface area contributed by atoms with Crippen molar-refractivity contribution in [3.8, 4) is 22.4 Å². The van der Waals surface area contributed by atoms with Crippen molar-refractivity contribution in [3.05, 3.63) is 72.6 Å². The molecule has 2 aromatic heterocycles. The lowest BCUT2D eigenvalue weighted by molar-refractivity contribution is -0.112. The van der Waals surface area contributed by atoms with Gasteiger partial charge in [-0.2, -0.15) is 0 Å². The Bertz CT molecular complexity index is 1500. The number of hydrogen-bond acceptors (Lipinski definition) is 6. The number of nitrogens with one attached hydrogen (secondary N) is 1. The quantitative estimate of drug-likeness (QED) is 0.405. The molecule has 188 valence electrons. The fourth-order valence-corrected chi connectivity index (χ4v) is 4.57. The third-order valence-electron chi connectivity index (χ3n) is 6.52. The summed E-state index contributed by atoms with van der Waals surface area (Å²) in [5.41, 5.74) is 12.3. The zero-order valence-electron chi connectivity index (χ0n) is 20.8. The van der Waals surface area contributed by atoms with E-state index in [4.69, 9.17) is 10.5 Å². The Hall–Kier alpha value is -4.50. The Morgan fingerprint density at radius 1 is 1.00 bits per heavy atom. The number of anilines is 2. The van der Waals surface area contributed by atoms with Gasteiger partial charge in [-0.15, -0.1) is 0 Å². The van der Waals surface area contributed by atoms with Gasteiger partial charge in [-0.25, -0.2) is 9.97 Å². The van der Waals surface area contributed by atoms with E-state index in [1.165, 1.54) is 6.33 Å². The van der Waals surface area contributed by atoms with Crippen LogP contribution in [0.3, 0.4) is 0 Å². The smallest absolute Gasteiger partial charge is 0.254 e. The van der Waals surface area contributed by atoms with Crippen molar-refractivity contribution >= 4 is 34.4 Å². The summed E-state index contributed by atoms with van der Waals surface area (Å²) in [4.78, 5) is 35.5. The fraction of sp³-hybridized carbons (Fsp3) is 0.214. The Kier molecular flexibility index (Phi) is 6.45. The predicted molar refractivity (Wildman–Crippen MR) is 144 cm³/mol. The minimum atomic E-state index is -0.229. The van der Waals surface area contributed by atoms with Gasteiger partial charge < -0.3 is 25.3 Å². The number of carbonyl (C=O) groups is 2. The van der Waals surface area contributed by atoms with Crippen LogP contribution in [0.1, 0.15) is 17.3 Å². The molecule has 0 atom stereocenters. The summed E-state index contributed by atoms with van der Waals surface area (Å²) in [5, 5.41) is 3.57. The van der Waals surface area contributed by atoms with Crippen LogP contribution in [-0.2, 0) is 16.6 Å². The number of aryl methyl sites for hydroxylation is 1. The molecule has 9 heteroatoms. The van der Waals surface area contributed by atoms with Crippen LogP contribution in [0.2, 0.25) is 0 Å². The average Bonchev–Trinajstić information content (AvgIpc) is 3.22. The fourth-order valence-electron chi connectivity index (χ4n) is 4.57. The lowest BCUT2D eigenvalue weighted by atomic mass is 9.97. The van der Waals surface area contributed by atoms with Crippen molar-refractivity contribution in [3.63, 3.8) is 0 Å². The molecule has 37 heavy (non-hydrogen) atoms. The molecular weight excluding hydrogens is 468 g/mol. The molecular formula is C28H28N6O3. The molecule has 0 aliphatic carbocycles. The molecule has 0 radical (unpaired) electrons. The number of nitrogen functional groups attached to an aromatic ring is 1. The molecule has 1 fully saturated rings. The van der Waals surface area contributed by atoms with Gasteiger partial charge in [0.1, 0.15) is 17.8 Å². The van der Waals surface area contributed by atoms with Gasteiger partial charge in [0.2, 0.25) is 0 Å². The highest BCUT2D eigenvalue weighted by atomic mass is 16.5. The lowest BCUT2D eigenvalue weighted by Crippen LogP contribution is -2.40. The summed E-state index contributed by atoms with van der Waals surface area (Å²) < 4.78 is 7.35. The highest BCUT2D eigenvalue weighted by Gasteiger charge is 2.23. The predicted octanol–water partition coefficient (Wildman–Crippen LogP) is 3.87. The monoisotopic (exact) mass is 496 g/mol. The second-order valence-corrected chi connectivity index (χ2v) is 9.03. The van der Waals surface area contributed by atoms with E-state index >= 15 is 0 Å². The van der Waals surface area contributed by atoms with Gasteiger partial charge in [0.25, 0.3) is 11.8 Å².